The van der Waals surface area contributed by atoms with Crippen molar-refractivity contribution in [1.82, 2.24) is 0 Å². The number of rotatable bonds is 2. The van der Waals surface area contributed by atoms with Crippen LogP contribution in [-0.4, -0.2) is 58.8 Å². The number of allylic oxidation sites excluding steroid dienone is 1. The highest BCUT2D eigenvalue weighted by molar-refractivity contribution is 5.95. The number of halogens is 4. The number of ether oxygens (including phenoxy) is 2. The Labute approximate surface area is 189 Å². The largest absolute Gasteiger partial charge is 0.390 e. The topological polar surface area (TPSA) is 72.8 Å². The summed E-state index contributed by atoms with van der Waals surface area (Å²) in [7, 11) is 0. The number of ketones is 2. The van der Waals surface area contributed by atoms with E-state index in [-0.39, 0.29) is 25.7 Å². The van der Waals surface area contributed by atoms with Gasteiger partial charge in [0.1, 0.15) is 11.8 Å². The second-order valence-electron chi connectivity index (χ2n) is 11.4. The molecule has 33 heavy (non-hydrogen) atoms. The highest BCUT2D eigenvalue weighted by atomic mass is 19.2. The van der Waals surface area contributed by atoms with Crippen LogP contribution in [0.4, 0.5) is 17.6 Å². The van der Waals surface area contributed by atoms with E-state index in [4.69, 9.17) is 9.47 Å². The van der Waals surface area contributed by atoms with Crippen molar-refractivity contribution in [2.24, 2.45) is 22.7 Å². The van der Waals surface area contributed by atoms with E-state index in [9.17, 15) is 23.5 Å². The van der Waals surface area contributed by atoms with E-state index in [0.29, 0.717) is 0 Å². The quantitative estimate of drug-likeness (QED) is 0.616. The van der Waals surface area contributed by atoms with Crippen LogP contribution in [0.3, 0.4) is 0 Å². The van der Waals surface area contributed by atoms with E-state index < -0.39 is 94.2 Å². The van der Waals surface area contributed by atoms with Gasteiger partial charge in [0.05, 0.1) is 12.2 Å². The monoisotopic (exact) mass is 474 g/mol. The van der Waals surface area contributed by atoms with Crippen molar-refractivity contribution in [3.63, 3.8) is 0 Å². The summed E-state index contributed by atoms with van der Waals surface area (Å²) in [6, 6.07) is 0. The molecule has 0 aromatic heterocycles. The molecule has 5 aliphatic rings. The fourth-order valence-corrected chi connectivity index (χ4v) is 8.36. The van der Waals surface area contributed by atoms with Crippen LogP contribution in [0.25, 0.3) is 0 Å². The Kier molecular flexibility index (Phi) is 4.73. The Morgan fingerprint density at radius 3 is 2.48 bits per heavy atom. The highest BCUT2D eigenvalue weighted by Gasteiger charge is 2.81. The minimum absolute atomic E-state index is 0.123. The maximum Gasteiger partial charge on any atom is 0.198 e. The molecule has 9 atom stereocenters. The summed E-state index contributed by atoms with van der Waals surface area (Å²) in [5, 5.41) is 11.3. The molecular formula is C24H30F4O5. The number of hydrogen-bond donors (Lipinski definition) is 1. The first kappa shape index (κ1) is 23.4. The summed E-state index contributed by atoms with van der Waals surface area (Å²) in [5.74, 6) is -5.90. The van der Waals surface area contributed by atoms with E-state index in [0.717, 1.165) is 0 Å². The zero-order chi connectivity index (χ0) is 24.4. The summed E-state index contributed by atoms with van der Waals surface area (Å²) in [5.41, 5.74) is -7.61. The number of fused-ring (bicyclic) bond motifs is 7. The van der Waals surface area contributed by atoms with E-state index in [1.807, 2.05) is 0 Å². The molecule has 1 heterocycles. The number of carbonyl (C=O) groups excluding carboxylic acids is 2. The van der Waals surface area contributed by atoms with Gasteiger partial charge in [0.25, 0.3) is 0 Å². The molecule has 1 saturated heterocycles. The first-order valence-corrected chi connectivity index (χ1v) is 11.6. The predicted octanol–water partition coefficient (Wildman–Crippen LogP) is 3.87. The lowest BCUT2D eigenvalue weighted by Crippen LogP contribution is -2.71. The number of carbonyl (C=O) groups is 2. The average Bonchev–Trinajstić information content (AvgIpc) is 3.13. The molecule has 0 bridgehead atoms. The second kappa shape index (κ2) is 6.66. The summed E-state index contributed by atoms with van der Waals surface area (Å²) in [6.07, 6.45) is -5.48. The van der Waals surface area contributed by atoms with Crippen LogP contribution < -0.4 is 0 Å². The van der Waals surface area contributed by atoms with Crippen molar-refractivity contribution in [3.8, 4) is 0 Å². The van der Waals surface area contributed by atoms with Gasteiger partial charge in [0.2, 0.25) is 0 Å². The van der Waals surface area contributed by atoms with Crippen molar-refractivity contribution in [2.75, 3.05) is 6.67 Å². The maximum absolute atomic E-state index is 17.2. The molecule has 1 N–H and O–H groups in total. The minimum Gasteiger partial charge on any atom is -0.390 e. The van der Waals surface area contributed by atoms with Crippen molar-refractivity contribution >= 4 is 11.6 Å². The highest BCUT2D eigenvalue weighted by Crippen LogP contribution is 2.73. The van der Waals surface area contributed by atoms with Gasteiger partial charge in [0.15, 0.2) is 35.5 Å². The van der Waals surface area contributed by atoms with Crippen molar-refractivity contribution in [3.05, 3.63) is 11.4 Å². The zero-order valence-corrected chi connectivity index (χ0v) is 19.2. The van der Waals surface area contributed by atoms with Gasteiger partial charge in [-0.15, -0.1) is 0 Å². The van der Waals surface area contributed by atoms with Crippen LogP contribution in [0.5, 0.6) is 0 Å². The van der Waals surface area contributed by atoms with Gasteiger partial charge in [-0.3, -0.25) is 9.59 Å². The molecular weight excluding hydrogens is 444 g/mol. The molecule has 5 rings (SSSR count). The molecule has 1 aliphatic heterocycles. The number of alkyl halides is 3. The third-order valence-corrected chi connectivity index (χ3v) is 9.63. The van der Waals surface area contributed by atoms with E-state index >= 15 is 8.78 Å². The average molecular weight is 474 g/mol. The minimum atomic E-state index is -2.43. The van der Waals surface area contributed by atoms with Crippen LogP contribution >= 0.6 is 0 Å². The molecule has 5 nitrogen and oxygen atoms in total. The Morgan fingerprint density at radius 1 is 1.18 bits per heavy atom. The van der Waals surface area contributed by atoms with Gasteiger partial charge >= 0.3 is 0 Å². The van der Waals surface area contributed by atoms with E-state index in [1.165, 1.54) is 6.92 Å². The molecule has 9 heteroatoms. The van der Waals surface area contributed by atoms with Gasteiger partial charge in [0, 0.05) is 28.7 Å². The second-order valence-corrected chi connectivity index (χ2v) is 11.4. The molecule has 3 saturated carbocycles. The lowest BCUT2D eigenvalue weighted by Gasteiger charge is -2.64. The van der Waals surface area contributed by atoms with Gasteiger partial charge in [-0.05, 0) is 45.4 Å². The third kappa shape index (κ3) is 2.49. The van der Waals surface area contributed by atoms with Crippen LogP contribution in [0.2, 0.25) is 0 Å². The van der Waals surface area contributed by atoms with Crippen molar-refractivity contribution in [1.29, 1.82) is 0 Å². The fourth-order valence-electron chi connectivity index (χ4n) is 8.36. The zero-order valence-electron chi connectivity index (χ0n) is 19.2. The molecule has 0 aromatic carbocycles. The van der Waals surface area contributed by atoms with E-state index in [2.05, 4.69) is 0 Å². The summed E-state index contributed by atoms with van der Waals surface area (Å²) < 4.78 is 73.3. The molecule has 0 amide bonds. The number of Topliss-reactive ketones (excluding diaryl/α,β-unsaturated/α-hetero) is 2. The number of hydrogen-bond acceptors (Lipinski definition) is 5. The molecule has 4 fully saturated rings. The van der Waals surface area contributed by atoms with Gasteiger partial charge in [-0.25, -0.2) is 17.6 Å². The van der Waals surface area contributed by atoms with Gasteiger partial charge < -0.3 is 14.6 Å². The third-order valence-electron chi connectivity index (χ3n) is 9.63. The maximum atomic E-state index is 17.2. The van der Waals surface area contributed by atoms with Gasteiger partial charge in [-0.2, -0.15) is 0 Å². The number of aliphatic hydroxyl groups excluding tert-OH is 1. The Morgan fingerprint density at radius 2 is 1.85 bits per heavy atom. The summed E-state index contributed by atoms with van der Waals surface area (Å²) in [6.45, 7) is 4.93. The first-order valence-electron chi connectivity index (χ1n) is 11.6. The summed E-state index contributed by atoms with van der Waals surface area (Å²) in [4.78, 5) is 25.0. The Hall–Kier alpha value is -1.32. The first-order chi connectivity index (χ1) is 15.2. The smallest absolute Gasteiger partial charge is 0.198 e. The lowest BCUT2D eigenvalue weighted by molar-refractivity contribution is -0.254. The van der Waals surface area contributed by atoms with Crippen LogP contribution in [-0.2, 0) is 19.1 Å². The Balaban J connectivity index is 1.67. The lowest BCUT2D eigenvalue weighted by atomic mass is 9.43. The molecule has 0 unspecified atom stereocenters. The van der Waals surface area contributed by atoms with Crippen molar-refractivity contribution < 1.29 is 41.7 Å². The SMILES string of the molecule is CC1(C)O[C@@H]2C[C@H]3[C@@H]4C[C@H](F)C5=C(F)C(=O)CC[C@]5(C)[C@@]4(F)[C@@H](O)C[C@]3(C)[C@]2(C(=O)CF)O1. The molecule has 0 aromatic rings. The molecule has 4 aliphatic carbocycles. The summed E-state index contributed by atoms with van der Waals surface area (Å²) >= 11 is 0. The van der Waals surface area contributed by atoms with Crippen LogP contribution in [0.1, 0.15) is 59.8 Å². The predicted molar refractivity (Wildman–Crippen MR) is 108 cm³/mol. The standard InChI is InChI=1S/C24H30F4O5/c1-20(2)32-17-8-11-12-7-13(26)18-19(27)14(29)5-6-21(18,3)23(12,28)15(30)9-22(11,4)24(17,33-20)16(31)10-25/h11-13,15,17,30H,5-10H2,1-4H3/t11-,12-,13-,15-,17+,21-,22-,23-,24+/m0/s1. The Bertz CT molecular complexity index is 967. The number of aliphatic hydroxyl groups is 1. The normalized spacial score (nSPS) is 52.8. The van der Waals surface area contributed by atoms with Crippen LogP contribution in [0.15, 0.2) is 11.4 Å². The molecule has 0 spiro atoms. The molecule has 0 radical (unpaired) electrons. The van der Waals surface area contributed by atoms with Crippen molar-refractivity contribution in [2.45, 2.75) is 95.2 Å². The van der Waals surface area contributed by atoms with E-state index in [1.54, 1.807) is 20.8 Å². The molecule has 184 valence electrons. The van der Waals surface area contributed by atoms with Crippen LogP contribution in [0, 0.1) is 22.7 Å². The fraction of sp³-hybridized carbons (Fsp3) is 0.833. The van der Waals surface area contributed by atoms with Gasteiger partial charge in [-0.1, -0.05) is 13.8 Å².